The number of aromatic carboxylic acids is 1. The Morgan fingerprint density at radius 2 is 1.88 bits per heavy atom. The standard InChI is InChI=1S/C17H14N2O6S/c1-8-4-10(6-11(14(8)20)16(22)23)18-17(26)19-15(21)9-2-3-12-13(5-9)25-7-24-12/h2-6,20H,7H2,1H3,(H,22,23)(H2,18,19,21,26). The fraction of sp³-hybridized carbons (Fsp3) is 0.118. The first-order chi connectivity index (χ1) is 12.3. The molecule has 0 atom stereocenters. The minimum absolute atomic E-state index is 0.0194. The molecule has 0 aromatic heterocycles. The molecule has 2 aromatic rings. The predicted octanol–water partition coefficient (Wildman–Crippen LogP) is 2.25. The van der Waals surface area contributed by atoms with Crippen molar-refractivity contribution in [1.82, 2.24) is 5.32 Å². The minimum Gasteiger partial charge on any atom is -0.507 e. The second-order valence-corrected chi connectivity index (χ2v) is 5.88. The summed E-state index contributed by atoms with van der Waals surface area (Å²) in [5, 5.41) is 24.1. The normalized spacial score (nSPS) is 11.7. The highest BCUT2D eigenvalue weighted by atomic mass is 32.1. The molecule has 1 aliphatic rings. The van der Waals surface area contributed by atoms with Crippen molar-refractivity contribution in [3.8, 4) is 17.2 Å². The van der Waals surface area contributed by atoms with Gasteiger partial charge in [-0.25, -0.2) is 4.79 Å². The molecule has 134 valence electrons. The van der Waals surface area contributed by atoms with Crippen LogP contribution in [0.2, 0.25) is 0 Å². The zero-order valence-corrected chi connectivity index (χ0v) is 14.3. The molecule has 1 heterocycles. The molecule has 26 heavy (non-hydrogen) atoms. The van der Waals surface area contributed by atoms with Crippen LogP contribution >= 0.6 is 12.2 Å². The van der Waals surface area contributed by atoms with Crippen LogP contribution in [0.4, 0.5) is 5.69 Å². The van der Waals surface area contributed by atoms with Gasteiger partial charge in [0.05, 0.1) is 0 Å². The van der Waals surface area contributed by atoms with Gasteiger partial charge in [-0.05, 0) is 55.0 Å². The molecular formula is C17H14N2O6S. The molecule has 0 fully saturated rings. The van der Waals surface area contributed by atoms with E-state index in [4.69, 9.17) is 26.8 Å². The van der Waals surface area contributed by atoms with Crippen LogP contribution in [0.5, 0.6) is 17.2 Å². The molecule has 0 unspecified atom stereocenters. The van der Waals surface area contributed by atoms with Crippen LogP contribution in [0.25, 0.3) is 0 Å². The van der Waals surface area contributed by atoms with Crippen LogP contribution in [0.15, 0.2) is 30.3 Å². The van der Waals surface area contributed by atoms with Crippen molar-refractivity contribution in [2.24, 2.45) is 0 Å². The number of phenols is 1. The van der Waals surface area contributed by atoms with Crippen LogP contribution in [0, 0.1) is 6.92 Å². The number of hydrogen-bond donors (Lipinski definition) is 4. The molecule has 3 rings (SSSR count). The van der Waals surface area contributed by atoms with E-state index in [2.05, 4.69) is 10.6 Å². The summed E-state index contributed by atoms with van der Waals surface area (Å²) in [6.45, 7) is 1.66. The highest BCUT2D eigenvalue weighted by molar-refractivity contribution is 7.80. The monoisotopic (exact) mass is 374 g/mol. The third-order valence-electron chi connectivity index (χ3n) is 3.65. The number of aromatic hydroxyl groups is 1. The van der Waals surface area contributed by atoms with Gasteiger partial charge in [0, 0.05) is 11.3 Å². The Morgan fingerprint density at radius 3 is 2.62 bits per heavy atom. The molecule has 1 amide bonds. The third kappa shape index (κ3) is 3.52. The van der Waals surface area contributed by atoms with Gasteiger partial charge in [0.15, 0.2) is 16.6 Å². The Bertz CT molecular complexity index is 928. The Labute approximate surface area is 153 Å². The zero-order valence-electron chi connectivity index (χ0n) is 13.5. The predicted molar refractivity (Wildman–Crippen MR) is 96.1 cm³/mol. The van der Waals surface area contributed by atoms with Gasteiger partial charge in [-0.3, -0.25) is 10.1 Å². The number of rotatable bonds is 3. The molecule has 0 spiro atoms. The fourth-order valence-corrected chi connectivity index (χ4v) is 2.60. The zero-order chi connectivity index (χ0) is 18.8. The first-order valence-electron chi connectivity index (χ1n) is 7.44. The Hall–Kier alpha value is -3.33. The summed E-state index contributed by atoms with van der Waals surface area (Å²) in [6, 6.07) is 7.47. The van der Waals surface area contributed by atoms with Crippen LogP contribution in [-0.4, -0.2) is 34.0 Å². The average molecular weight is 374 g/mol. The summed E-state index contributed by atoms with van der Waals surface area (Å²) in [7, 11) is 0. The van der Waals surface area contributed by atoms with Crippen molar-refractivity contribution in [2.45, 2.75) is 6.92 Å². The summed E-state index contributed by atoms with van der Waals surface area (Å²) >= 11 is 5.09. The van der Waals surface area contributed by atoms with Crippen LogP contribution in [-0.2, 0) is 0 Å². The van der Waals surface area contributed by atoms with Gasteiger partial charge in [-0.2, -0.15) is 0 Å². The number of carboxylic acids is 1. The van der Waals surface area contributed by atoms with E-state index in [0.717, 1.165) is 0 Å². The number of nitrogens with one attached hydrogen (secondary N) is 2. The maximum atomic E-state index is 12.3. The lowest BCUT2D eigenvalue weighted by molar-refractivity contribution is 0.0693. The molecule has 8 nitrogen and oxygen atoms in total. The number of fused-ring (bicyclic) bond motifs is 1. The van der Waals surface area contributed by atoms with E-state index in [1.807, 2.05) is 0 Å². The molecule has 0 bridgehead atoms. The van der Waals surface area contributed by atoms with Crippen LogP contribution in [0.3, 0.4) is 0 Å². The van der Waals surface area contributed by atoms with E-state index in [0.29, 0.717) is 28.3 Å². The largest absolute Gasteiger partial charge is 0.507 e. The van der Waals surface area contributed by atoms with E-state index in [-0.39, 0.29) is 23.2 Å². The number of amides is 1. The number of carbonyl (C=O) groups is 2. The highest BCUT2D eigenvalue weighted by Crippen LogP contribution is 2.32. The van der Waals surface area contributed by atoms with Crippen molar-refractivity contribution in [1.29, 1.82) is 0 Å². The summed E-state index contributed by atoms with van der Waals surface area (Å²) in [6.07, 6.45) is 0. The molecular weight excluding hydrogens is 360 g/mol. The minimum atomic E-state index is -1.27. The Balaban J connectivity index is 1.71. The van der Waals surface area contributed by atoms with Gasteiger partial charge in [-0.1, -0.05) is 0 Å². The van der Waals surface area contributed by atoms with Crippen molar-refractivity contribution >= 4 is 34.9 Å². The van der Waals surface area contributed by atoms with Gasteiger partial charge in [0.1, 0.15) is 11.3 Å². The van der Waals surface area contributed by atoms with E-state index < -0.39 is 11.9 Å². The molecule has 4 N–H and O–H groups in total. The quantitative estimate of drug-likeness (QED) is 0.477. The first-order valence-corrected chi connectivity index (χ1v) is 7.85. The van der Waals surface area contributed by atoms with Crippen LogP contribution in [0.1, 0.15) is 26.3 Å². The van der Waals surface area contributed by atoms with Crippen molar-refractivity contribution in [3.63, 3.8) is 0 Å². The van der Waals surface area contributed by atoms with Gasteiger partial charge >= 0.3 is 5.97 Å². The second-order valence-electron chi connectivity index (χ2n) is 5.47. The Morgan fingerprint density at radius 1 is 1.15 bits per heavy atom. The van der Waals surface area contributed by atoms with Crippen molar-refractivity contribution in [2.75, 3.05) is 12.1 Å². The van der Waals surface area contributed by atoms with Crippen LogP contribution < -0.4 is 20.1 Å². The highest BCUT2D eigenvalue weighted by Gasteiger charge is 2.18. The number of aryl methyl sites for hydroxylation is 1. The molecule has 0 saturated heterocycles. The van der Waals surface area contributed by atoms with E-state index in [1.165, 1.54) is 18.2 Å². The van der Waals surface area contributed by atoms with Gasteiger partial charge < -0.3 is 25.0 Å². The number of thiocarbonyl (C=S) groups is 1. The van der Waals surface area contributed by atoms with Crippen molar-refractivity contribution < 1.29 is 29.3 Å². The van der Waals surface area contributed by atoms with Gasteiger partial charge in [-0.15, -0.1) is 0 Å². The number of ether oxygens (including phenoxy) is 2. The van der Waals surface area contributed by atoms with Gasteiger partial charge in [0.25, 0.3) is 5.91 Å². The number of hydrogen-bond acceptors (Lipinski definition) is 6. The third-order valence-corrected chi connectivity index (χ3v) is 3.85. The topological polar surface area (TPSA) is 117 Å². The SMILES string of the molecule is Cc1cc(NC(=S)NC(=O)c2ccc3c(c2)OCO3)cc(C(=O)O)c1O. The molecule has 1 aliphatic heterocycles. The molecule has 0 saturated carbocycles. The van der Waals surface area contributed by atoms with E-state index in [1.54, 1.807) is 19.1 Å². The molecule has 0 aliphatic carbocycles. The fourth-order valence-electron chi connectivity index (χ4n) is 2.39. The summed E-state index contributed by atoms with van der Waals surface area (Å²) in [5.41, 5.74) is 0.745. The molecule has 0 radical (unpaired) electrons. The number of carbonyl (C=O) groups excluding carboxylic acids is 1. The second kappa shape index (κ2) is 6.89. The number of benzene rings is 2. The average Bonchev–Trinajstić information content (AvgIpc) is 3.05. The first kappa shape index (κ1) is 17.5. The summed E-state index contributed by atoms with van der Waals surface area (Å²) < 4.78 is 10.4. The van der Waals surface area contributed by atoms with E-state index >= 15 is 0 Å². The lowest BCUT2D eigenvalue weighted by atomic mass is 10.1. The summed E-state index contributed by atoms with van der Waals surface area (Å²) in [5.74, 6) is -1.03. The maximum absolute atomic E-state index is 12.3. The lowest BCUT2D eigenvalue weighted by Crippen LogP contribution is -2.34. The lowest BCUT2D eigenvalue weighted by Gasteiger charge is -2.12. The smallest absolute Gasteiger partial charge is 0.339 e. The maximum Gasteiger partial charge on any atom is 0.339 e. The van der Waals surface area contributed by atoms with Crippen molar-refractivity contribution in [3.05, 3.63) is 47.0 Å². The molecule has 2 aromatic carbocycles. The van der Waals surface area contributed by atoms with E-state index in [9.17, 15) is 14.7 Å². The number of carboxylic acid groups (broad SMARTS) is 1. The van der Waals surface area contributed by atoms with Gasteiger partial charge in [0.2, 0.25) is 6.79 Å². The summed E-state index contributed by atoms with van der Waals surface area (Å²) in [4.78, 5) is 23.4. The Kier molecular flexibility index (Phi) is 4.63. The number of anilines is 1. The molecule has 9 heteroatoms.